The molecule has 0 saturated heterocycles. The van der Waals surface area contributed by atoms with E-state index in [-0.39, 0.29) is 12.4 Å². The summed E-state index contributed by atoms with van der Waals surface area (Å²) in [5.41, 5.74) is 3.59. The molecule has 5 heteroatoms. The van der Waals surface area contributed by atoms with Crippen LogP contribution < -0.4 is 4.74 Å². The monoisotopic (exact) mass is 360 g/mol. The summed E-state index contributed by atoms with van der Waals surface area (Å²) in [5.74, 6) is 0.969. The zero-order chi connectivity index (χ0) is 15.9. The maximum atomic E-state index is 5.98. The van der Waals surface area contributed by atoms with Crippen molar-refractivity contribution in [1.82, 2.24) is 9.97 Å². The smallest absolute Gasteiger partial charge is 0.122 e. The highest BCUT2D eigenvalue weighted by Crippen LogP contribution is 2.23. The fourth-order valence-electron chi connectivity index (χ4n) is 2.57. The SMILES string of the molecule is Cl.S=C1C=CC(Cc2ccccc2OCCCc2c[nH]cn2)=CC1. The van der Waals surface area contributed by atoms with Gasteiger partial charge in [0.25, 0.3) is 0 Å². The maximum Gasteiger partial charge on any atom is 0.122 e. The van der Waals surface area contributed by atoms with Gasteiger partial charge in [0.1, 0.15) is 5.75 Å². The molecule has 0 amide bonds. The molecule has 0 aliphatic heterocycles. The van der Waals surface area contributed by atoms with Crippen molar-refractivity contribution >= 4 is 29.5 Å². The lowest BCUT2D eigenvalue weighted by atomic mass is 9.99. The molecule has 126 valence electrons. The first kappa shape index (κ1) is 18.4. The number of aromatic nitrogens is 2. The van der Waals surface area contributed by atoms with E-state index in [1.54, 1.807) is 6.33 Å². The number of nitrogens with one attached hydrogen (secondary N) is 1. The molecule has 0 fully saturated rings. The lowest BCUT2D eigenvalue weighted by molar-refractivity contribution is 0.308. The molecule has 1 aliphatic rings. The van der Waals surface area contributed by atoms with E-state index in [1.165, 1.54) is 11.1 Å². The molecule has 3 rings (SSSR count). The third-order valence-corrected chi connectivity index (χ3v) is 4.11. The summed E-state index contributed by atoms with van der Waals surface area (Å²) >= 11 is 5.19. The van der Waals surface area contributed by atoms with Gasteiger partial charge in [0.15, 0.2) is 0 Å². The number of para-hydroxylation sites is 1. The summed E-state index contributed by atoms with van der Waals surface area (Å²) in [7, 11) is 0. The fourth-order valence-corrected chi connectivity index (χ4v) is 2.72. The van der Waals surface area contributed by atoms with Crippen LogP contribution in [0.4, 0.5) is 0 Å². The minimum Gasteiger partial charge on any atom is -0.493 e. The van der Waals surface area contributed by atoms with Gasteiger partial charge in [-0.15, -0.1) is 12.4 Å². The first-order chi connectivity index (χ1) is 11.3. The molecule has 0 spiro atoms. The second-order valence-corrected chi connectivity index (χ2v) is 6.10. The number of allylic oxidation sites excluding steroid dienone is 4. The van der Waals surface area contributed by atoms with Gasteiger partial charge >= 0.3 is 0 Å². The van der Waals surface area contributed by atoms with Crippen molar-refractivity contribution in [3.05, 3.63) is 71.8 Å². The van der Waals surface area contributed by atoms with Crippen LogP contribution in [-0.4, -0.2) is 21.4 Å². The number of halogens is 1. The quantitative estimate of drug-likeness (QED) is 0.577. The van der Waals surface area contributed by atoms with Crippen LogP contribution in [0.15, 0.2) is 60.6 Å². The van der Waals surface area contributed by atoms with E-state index < -0.39 is 0 Å². The highest BCUT2D eigenvalue weighted by molar-refractivity contribution is 7.80. The summed E-state index contributed by atoms with van der Waals surface area (Å²) in [6.07, 6.45) is 13.6. The van der Waals surface area contributed by atoms with Gasteiger partial charge < -0.3 is 9.72 Å². The average Bonchev–Trinajstić information content (AvgIpc) is 3.08. The number of thiocarbonyl (C=S) groups is 1. The molecule has 1 N–H and O–H groups in total. The Morgan fingerprint density at radius 2 is 2.08 bits per heavy atom. The van der Waals surface area contributed by atoms with Crippen molar-refractivity contribution in [3.8, 4) is 5.75 Å². The number of hydrogen-bond donors (Lipinski definition) is 1. The molecule has 0 radical (unpaired) electrons. The highest BCUT2D eigenvalue weighted by atomic mass is 35.5. The minimum absolute atomic E-state index is 0. The Morgan fingerprint density at radius 1 is 1.21 bits per heavy atom. The van der Waals surface area contributed by atoms with Gasteiger partial charge in [-0.3, -0.25) is 0 Å². The van der Waals surface area contributed by atoms with Crippen molar-refractivity contribution in [1.29, 1.82) is 0 Å². The van der Waals surface area contributed by atoms with Crippen molar-refractivity contribution in [2.24, 2.45) is 0 Å². The number of aromatic amines is 1. The Kier molecular flexibility index (Phi) is 7.22. The van der Waals surface area contributed by atoms with Gasteiger partial charge in [0.05, 0.1) is 18.6 Å². The number of rotatable bonds is 7. The van der Waals surface area contributed by atoms with Gasteiger partial charge in [0, 0.05) is 23.9 Å². The highest BCUT2D eigenvalue weighted by Gasteiger charge is 2.07. The number of benzene rings is 1. The molecular weight excluding hydrogens is 340 g/mol. The van der Waals surface area contributed by atoms with E-state index in [2.05, 4.69) is 34.3 Å². The van der Waals surface area contributed by atoms with Crippen LogP contribution in [0.25, 0.3) is 0 Å². The van der Waals surface area contributed by atoms with E-state index >= 15 is 0 Å². The Balaban J connectivity index is 0.00000208. The van der Waals surface area contributed by atoms with Crippen molar-refractivity contribution < 1.29 is 4.74 Å². The van der Waals surface area contributed by atoms with Gasteiger partial charge in [-0.1, -0.05) is 42.6 Å². The average molecular weight is 361 g/mol. The number of ether oxygens (including phenoxy) is 1. The lowest BCUT2D eigenvalue weighted by Gasteiger charge is -2.13. The standard InChI is InChI=1S/C19H20N2OS.ClH/c23-18-9-7-15(8-10-18)12-16-4-1-2-6-19(16)22-11-3-5-17-13-20-14-21-17;/h1-2,4,6-9,13-14H,3,5,10-12H2,(H,20,21);1H. The third-order valence-electron chi connectivity index (χ3n) is 3.81. The van der Waals surface area contributed by atoms with E-state index in [0.29, 0.717) is 6.61 Å². The van der Waals surface area contributed by atoms with Crippen LogP contribution in [0.1, 0.15) is 24.1 Å². The predicted molar refractivity (Wildman–Crippen MR) is 104 cm³/mol. The predicted octanol–water partition coefficient (Wildman–Crippen LogP) is 4.64. The molecule has 1 aromatic heterocycles. The minimum atomic E-state index is 0. The van der Waals surface area contributed by atoms with Crippen LogP contribution in [0.3, 0.4) is 0 Å². The van der Waals surface area contributed by atoms with Crippen LogP contribution in [0, 0.1) is 0 Å². The van der Waals surface area contributed by atoms with Gasteiger partial charge in [-0.05, 0) is 36.1 Å². The first-order valence-corrected chi connectivity index (χ1v) is 8.30. The molecule has 24 heavy (non-hydrogen) atoms. The Hall–Kier alpha value is -1.91. The number of H-pyrrole nitrogens is 1. The largest absolute Gasteiger partial charge is 0.493 e. The molecule has 1 heterocycles. The van der Waals surface area contributed by atoms with Crippen LogP contribution in [0.2, 0.25) is 0 Å². The maximum absolute atomic E-state index is 5.98. The molecule has 1 aliphatic carbocycles. The summed E-state index contributed by atoms with van der Waals surface area (Å²) < 4.78 is 5.98. The molecule has 0 unspecified atom stereocenters. The first-order valence-electron chi connectivity index (χ1n) is 7.89. The molecule has 3 nitrogen and oxygen atoms in total. The van der Waals surface area contributed by atoms with E-state index in [9.17, 15) is 0 Å². The molecular formula is C19H21ClN2OS. The normalized spacial score (nSPS) is 13.3. The molecule has 2 aromatic rings. The molecule has 0 saturated carbocycles. The lowest BCUT2D eigenvalue weighted by Crippen LogP contribution is -2.03. The fraction of sp³-hybridized carbons (Fsp3) is 0.263. The molecule has 0 bridgehead atoms. The second-order valence-electron chi connectivity index (χ2n) is 5.58. The summed E-state index contributed by atoms with van der Waals surface area (Å²) in [6.45, 7) is 0.697. The van der Waals surface area contributed by atoms with Crippen molar-refractivity contribution in [2.75, 3.05) is 6.61 Å². The molecule has 1 aromatic carbocycles. The Bertz CT molecular complexity index is 723. The van der Waals surface area contributed by atoms with E-state index in [1.807, 2.05) is 24.4 Å². The number of hydrogen-bond acceptors (Lipinski definition) is 3. The van der Waals surface area contributed by atoms with Crippen LogP contribution in [-0.2, 0) is 12.8 Å². The van der Waals surface area contributed by atoms with Gasteiger partial charge in [-0.25, -0.2) is 4.98 Å². The van der Waals surface area contributed by atoms with Crippen molar-refractivity contribution in [2.45, 2.75) is 25.7 Å². The molecule has 0 atom stereocenters. The topological polar surface area (TPSA) is 37.9 Å². The Morgan fingerprint density at radius 3 is 2.83 bits per heavy atom. The zero-order valence-electron chi connectivity index (χ0n) is 13.4. The number of imidazole rings is 1. The number of nitrogens with zero attached hydrogens (tertiary/aromatic N) is 1. The zero-order valence-corrected chi connectivity index (χ0v) is 15.0. The summed E-state index contributed by atoms with van der Waals surface area (Å²) in [6, 6.07) is 8.25. The summed E-state index contributed by atoms with van der Waals surface area (Å²) in [4.78, 5) is 8.19. The number of aryl methyl sites for hydroxylation is 1. The van der Waals surface area contributed by atoms with Gasteiger partial charge in [-0.2, -0.15) is 0 Å². The van der Waals surface area contributed by atoms with Gasteiger partial charge in [0.2, 0.25) is 0 Å². The summed E-state index contributed by atoms with van der Waals surface area (Å²) in [5, 5.41) is 0. The Labute approximate surface area is 154 Å². The van der Waals surface area contributed by atoms with Crippen LogP contribution >= 0.6 is 24.6 Å². The van der Waals surface area contributed by atoms with E-state index in [4.69, 9.17) is 17.0 Å². The van der Waals surface area contributed by atoms with E-state index in [0.717, 1.165) is 42.0 Å². The third kappa shape index (κ3) is 5.32. The second kappa shape index (κ2) is 9.40. The van der Waals surface area contributed by atoms with Crippen molar-refractivity contribution in [3.63, 3.8) is 0 Å². The van der Waals surface area contributed by atoms with Crippen LogP contribution in [0.5, 0.6) is 5.75 Å².